The van der Waals surface area contributed by atoms with Crippen LogP contribution >= 0.6 is 0 Å². The fourth-order valence-corrected chi connectivity index (χ4v) is 1.24. The van der Waals surface area contributed by atoms with Crippen molar-refractivity contribution in [1.29, 1.82) is 0 Å². The standard InChI is InChI=1S/C10H20O3/c1-4-6-8-10(3,13-12)9(11)7-5-2/h12H,4-8H2,1-3H3. The Labute approximate surface area is 80.0 Å². The summed E-state index contributed by atoms with van der Waals surface area (Å²) in [7, 11) is 0. The molecule has 3 nitrogen and oxygen atoms in total. The molecule has 0 bridgehead atoms. The first kappa shape index (κ1) is 12.6. The van der Waals surface area contributed by atoms with Crippen LogP contribution < -0.4 is 0 Å². The van der Waals surface area contributed by atoms with E-state index in [0.29, 0.717) is 12.8 Å². The highest BCUT2D eigenvalue weighted by Gasteiger charge is 2.32. The van der Waals surface area contributed by atoms with Crippen LogP contribution in [0.2, 0.25) is 0 Å². The van der Waals surface area contributed by atoms with Gasteiger partial charge in [0, 0.05) is 6.42 Å². The number of hydrogen-bond donors (Lipinski definition) is 1. The molecular formula is C10H20O3. The second-order valence-electron chi connectivity index (χ2n) is 3.60. The predicted octanol–water partition coefficient (Wildman–Crippen LogP) is 2.79. The molecule has 0 aliphatic carbocycles. The van der Waals surface area contributed by atoms with E-state index in [4.69, 9.17) is 5.26 Å². The number of rotatable bonds is 7. The van der Waals surface area contributed by atoms with E-state index < -0.39 is 5.60 Å². The molecule has 0 aliphatic rings. The number of carbonyl (C=O) groups is 1. The molecule has 0 saturated carbocycles. The van der Waals surface area contributed by atoms with Gasteiger partial charge in [-0.3, -0.25) is 10.1 Å². The monoisotopic (exact) mass is 188 g/mol. The molecule has 0 saturated heterocycles. The average Bonchev–Trinajstić information content (AvgIpc) is 2.14. The van der Waals surface area contributed by atoms with Gasteiger partial charge in [0.2, 0.25) is 0 Å². The highest BCUT2D eigenvalue weighted by Crippen LogP contribution is 2.21. The molecule has 0 heterocycles. The second-order valence-corrected chi connectivity index (χ2v) is 3.60. The van der Waals surface area contributed by atoms with Gasteiger partial charge in [-0.15, -0.1) is 0 Å². The molecule has 0 aromatic carbocycles. The lowest BCUT2D eigenvalue weighted by Gasteiger charge is -2.23. The molecule has 0 fully saturated rings. The zero-order valence-electron chi connectivity index (χ0n) is 8.80. The molecule has 0 aromatic heterocycles. The van der Waals surface area contributed by atoms with Crippen molar-refractivity contribution in [2.75, 3.05) is 0 Å². The SMILES string of the molecule is CCCCC(C)(OO)C(=O)CCC. The zero-order valence-corrected chi connectivity index (χ0v) is 8.80. The molecule has 0 spiro atoms. The van der Waals surface area contributed by atoms with Crippen LogP contribution in [-0.2, 0) is 9.68 Å². The van der Waals surface area contributed by atoms with Crippen LogP contribution in [0, 0.1) is 0 Å². The summed E-state index contributed by atoms with van der Waals surface area (Å²) < 4.78 is 0. The Bertz CT molecular complexity index is 156. The van der Waals surface area contributed by atoms with Gasteiger partial charge in [0.25, 0.3) is 0 Å². The minimum absolute atomic E-state index is 0.00838. The third-order valence-electron chi connectivity index (χ3n) is 2.28. The van der Waals surface area contributed by atoms with Crippen LogP contribution in [0.15, 0.2) is 0 Å². The summed E-state index contributed by atoms with van der Waals surface area (Å²) in [4.78, 5) is 15.8. The fourth-order valence-electron chi connectivity index (χ4n) is 1.24. The topological polar surface area (TPSA) is 46.5 Å². The van der Waals surface area contributed by atoms with E-state index in [-0.39, 0.29) is 5.78 Å². The van der Waals surface area contributed by atoms with Crippen molar-refractivity contribution in [3.05, 3.63) is 0 Å². The summed E-state index contributed by atoms with van der Waals surface area (Å²) in [6.07, 6.45) is 3.76. The summed E-state index contributed by atoms with van der Waals surface area (Å²) in [5, 5.41) is 8.69. The van der Waals surface area contributed by atoms with Gasteiger partial charge in [-0.05, 0) is 19.8 Å². The lowest BCUT2D eigenvalue weighted by atomic mass is 9.92. The Morgan fingerprint density at radius 2 is 2.00 bits per heavy atom. The summed E-state index contributed by atoms with van der Waals surface area (Å²) >= 11 is 0. The first-order valence-corrected chi connectivity index (χ1v) is 4.96. The first-order valence-electron chi connectivity index (χ1n) is 4.96. The van der Waals surface area contributed by atoms with Gasteiger partial charge in [0.1, 0.15) is 0 Å². The molecule has 0 aliphatic heterocycles. The predicted molar refractivity (Wildman–Crippen MR) is 51.6 cm³/mol. The van der Waals surface area contributed by atoms with Gasteiger partial charge in [-0.2, -0.15) is 0 Å². The van der Waals surface area contributed by atoms with E-state index >= 15 is 0 Å². The molecule has 0 aromatic rings. The molecule has 1 atom stereocenters. The molecular weight excluding hydrogens is 168 g/mol. The summed E-state index contributed by atoms with van der Waals surface area (Å²) in [6, 6.07) is 0. The largest absolute Gasteiger partial charge is 0.296 e. The molecule has 13 heavy (non-hydrogen) atoms. The van der Waals surface area contributed by atoms with Crippen molar-refractivity contribution in [2.24, 2.45) is 0 Å². The molecule has 0 rings (SSSR count). The van der Waals surface area contributed by atoms with Crippen molar-refractivity contribution >= 4 is 5.78 Å². The Morgan fingerprint density at radius 3 is 2.38 bits per heavy atom. The Hall–Kier alpha value is -0.410. The number of carbonyl (C=O) groups excluding carboxylic acids is 1. The van der Waals surface area contributed by atoms with Gasteiger partial charge >= 0.3 is 0 Å². The van der Waals surface area contributed by atoms with Gasteiger partial charge in [0.15, 0.2) is 11.4 Å². The normalized spacial score (nSPS) is 15.4. The van der Waals surface area contributed by atoms with Crippen LogP contribution in [-0.4, -0.2) is 16.6 Å². The van der Waals surface area contributed by atoms with Crippen LogP contribution in [0.5, 0.6) is 0 Å². The molecule has 78 valence electrons. The highest BCUT2D eigenvalue weighted by atomic mass is 17.1. The maximum atomic E-state index is 11.5. The smallest absolute Gasteiger partial charge is 0.167 e. The molecule has 1 N–H and O–H groups in total. The van der Waals surface area contributed by atoms with Crippen LogP contribution in [0.1, 0.15) is 52.9 Å². The Morgan fingerprint density at radius 1 is 1.38 bits per heavy atom. The van der Waals surface area contributed by atoms with Crippen molar-refractivity contribution in [1.82, 2.24) is 0 Å². The summed E-state index contributed by atoms with van der Waals surface area (Å²) in [5.74, 6) is -0.00838. The summed E-state index contributed by atoms with van der Waals surface area (Å²) in [5.41, 5.74) is -0.980. The van der Waals surface area contributed by atoms with Gasteiger partial charge in [-0.1, -0.05) is 26.7 Å². The van der Waals surface area contributed by atoms with Gasteiger partial charge in [0.05, 0.1) is 0 Å². The minimum atomic E-state index is -0.980. The van der Waals surface area contributed by atoms with Crippen molar-refractivity contribution in [3.8, 4) is 0 Å². The van der Waals surface area contributed by atoms with E-state index in [1.807, 2.05) is 13.8 Å². The maximum absolute atomic E-state index is 11.5. The molecule has 0 amide bonds. The van der Waals surface area contributed by atoms with E-state index in [9.17, 15) is 4.79 Å². The Balaban J connectivity index is 4.16. The van der Waals surface area contributed by atoms with Crippen LogP contribution in [0.4, 0.5) is 0 Å². The van der Waals surface area contributed by atoms with Crippen LogP contribution in [0.3, 0.4) is 0 Å². The van der Waals surface area contributed by atoms with E-state index in [2.05, 4.69) is 4.89 Å². The van der Waals surface area contributed by atoms with Crippen molar-refractivity contribution in [3.63, 3.8) is 0 Å². The number of Topliss-reactive ketones (excluding diaryl/α,β-unsaturated/α-hetero) is 1. The van der Waals surface area contributed by atoms with E-state index in [0.717, 1.165) is 19.3 Å². The second kappa shape index (κ2) is 6.11. The fraction of sp³-hybridized carbons (Fsp3) is 0.900. The average molecular weight is 188 g/mol. The summed E-state index contributed by atoms with van der Waals surface area (Å²) in [6.45, 7) is 5.64. The molecule has 1 unspecified atom stereocenters. The van der Waals surface area contributed by atoms with Gasteiger partial charge < -0.3 is 0 Å². The first-order chi connectivity index (χ1) is 6.10. The lowest BCUT2D eigenvalue weighted by molar-refractivity contribution is -0.308. The Kier molecular flexibility index (Phi) is 5.91. The third-order valence-corrected chi connectivity index (χ3v) is 2.28. The highest BCUT2D eigenvalue weighted by molar-refractivity contribution is 5.86. The third kappa shape index (κ3) is 3.87. The lowest BCUT2D eigenvalue weighted by Crippen LogP contribution is -2.37. The van der Waals surface area contributed by atoms with Crippen molar-refractivity contribution in [2.45, 2.75) is 58.5 Å². The number of hydrogen-bond acceptors (Lipinski definition) is 3. The minimum Gasteiger partial charge on any atom is -0.296 e. The van der Waals surface area contributed by atoms with E-state index in [1.54, 1.807) is 6.92 Å². The molecule has 3 heteroatoms. The number of unbranched alkanes of at least 4 members (excludes halogenated alkanes) is 1. The molecule has 0 radical (unpaired) electrons. The maximum Gasteiger partial charge on any atom is 0.167 e. The quantitative estimate of drug-likeness (QED) is 0.493. The van der Waals surface area contributed by atoms with E-state index in [1.165, 1.54) is 0 Å². The zero-order chi connectivity index (χ0) is 10.3. The van der Waals surface area contributed by atoms with Crippen molar-refractivity contribution < 1.29 is 14.9 Å². The van der Waals surface area contributed by atoms with Crippen LogP contribution in [0.25, 0.3) is 0 Å². The van der Waals surface area contributed by atoms with Gasteiger partial charge in [-0.25, -0.2) is 4.89 Å². The number of ketones is 1.